The summed E-state index contributed by atoms with van der Waals surface area (Å²) in [5.41, 5.74) is 0.853. The van der Waals surface area contributed by atoms with Crippen molar-refractivity contribution in [1.82, 2.24) is 0 Å². The molecule has 0 heterocycles. The van der Waals surface area contributed by atoms with E-state index in [0.29, 0.717) is 26.9 Å². The highest BCUT2D eigenvalue weighted by molar-refractivity contribution is 7.87. The minimum absolute atomic E-state index is 0.327. The largest absolute Gasteiger partial charge is 0.423 e. The lowest BCUT2D eigenvalue weighted by Crippen LogP contribution is -2.08. The van der Waals surface area contributed by atoms with Crippen LogP contribution in [0.25, 0.3) is 0 Å². The van der Waals surface area contributed by atoms with Gasteiger partial charge in [-0.2, -0.15) is 4.36 Å². The van der Waals surface area contributed by atoms with Gasteiger partial charge in [-0.3, -0.25) is 4.79 Å². The van der Waals surface area contributed by atoms with Gasteiger partial charge in [0.05, 0.1) is 5.56 Å². The Labute approximate surface area is 175 Å². The maximum Gasteiger partial charge on any atom is 0.343 e. The van der Waals surface area contributed by atoms with E-state index in [0.717, 1.165) is 4.90 Å². The highest BCUT2D eigenvalue weighted by Crippen LogP contribution is 2.19. The van der Waals surface area contributed by atoms with Crippen LogP contribution < -0.4 is 4.74 Å². The van der Waals surface area contributed by atoms with Crippen molar-refractivity contribution in [2.75, 3.05) is 6.26 Å². The van der Waals surface area contributed by atoms with Crippen molar-refractivity contribution in [2.24, 2.45) is 4.36 Å². The van der Waals surface area contributed by atoms with Crippen LogP contribution in [0.2, 0.25) is 10.0 Å². The van der Waals surface area contributed by atoms with Gasteiger partial charge < -0.3 is 4.74 Å². The summed E-state index contributed by atoms with van der Waals surface area (Å²) in [7, 11) is -0.653. The molecule has 1 amide bonds. The van der Waals surface area contributed by atoms with Crippen LogP contribution in [0.1, 0.15) is 20.7 Å². The van der Waals surface area contributed by atoms with Gasteiger partial charge in [0.15, 0.2) is 0 Å². The predicted molar refractivity (Wildman–Crippen MR) is 113 cm³/mol. The highest BCUT2D eigenvalue weighted by atomic mass is 35.5. The Morgan fingerprint density at radius 3 is 2.18 bits per heavy atom. The highest BCUT2D eigenvalue weighted by Gasteiger charge is 2.09. The predicted octanol–water partition coefficient (Wildman–Crippen LogP) is 5.84. The van der Waals surface area contributed by atoms with Crippen molar-refractivity contribution >= 4 is 45.8 Å². The van der Waals surface area contributed by atoms with Gasteiger partial charge in [-0.1, -0.05) is 40.0 Å². The fourth-order valence-electron chi connectivity index (χ4n) is 2.31. The summed E-state index contributed by atoms with van der Waals surface area (Å²) in [6.07, 6.45) is 1.84. The summed E-state index contributed by atoms with van der Waals surface area (Å²) in [4.78, 5) is 25.3. The first-order valence-electron chi connectivity index (χ1n) is 8.18. The van der Waals surface area contributed by atoms with Gasteiger partial charge in [-0.25, -0.2) is 4.79 Å². The Bertz CT molecular complexity index is 1050. The number of halogens is 2. The fraction of sp³-hybridized carbons (Fsp3) is 0.0476. The zero-order valence-electron chi connectivity index (χ0n) is 14.8. The Hall–Kier alpha value is -2.47. The van der Waals surface area contributed by atoms with Crippen LogP contribution in [-0.4, -0.2) is 18.1 Å². The number of ether oxygens (including phenoxy) is 1. The number of nitrogens with zero attached hydrogens (tertiary/aromatic N) is 1. The Morgan fingerprint density at radius 1 is 0.857 bits per heavy atom. The van der Waals surface area contributed by atoms with E-state index in [2.05, 4.69) is 4.36 Å². The number of carbonyl (C=O) groups is 2. The van der Waals surface area contributed by atoms with Crippen molar-refractivity contribution in [1.29, 1.82) is 0 Å². The van der Waals surface area contributed by atoms with E-state index in [1.54, 1.807) is 72.8 Å². The SMILES string of the molecule is CS(=NC(=O)c1cccc(Cl)c1)c1ccc(OC(=O)c2ccc(Cl)cc2)cc1. The normalized spacial score (nSPS) is 11.8. The Kier molecular flexibility index (Phi) is 6.62. The standard InChI is InChI=1S/C21H15Cl2NO3S/c1-28(24-20(25)15-3-2-4-17(23)13-15)19-11-9-18(10-12-19)27-21(26)14-5-7-16(22)8-6-14/h2-13H,1H3. The first-order valence-corrected chi connectivity index (χ1v) is 10.5. The zero-order chi connectivity index (χ0) is 20.1. The van der Waals surface area contributed by atoms with Crippen LogP contribution in [0.4, 0.5) is 0 Å². The lowest BCUT2D eigenvalue weighted by atomic mass is 10.2. The molecule has 0 aromatic heterocycles. The Morgan fingerprint density at radius 2 is 1.54 bits per heavy atom. The van der Waals surface area contributed by atoms with E-state index >= 15 is 0 Å². The number of hydrogen-bond donors (Lipinski definition) is 0. The number of esters is 1. The second kappa shape index (κ2) is 9.15. The van der Waals surface area contributed by atoms with Crippen LogP contribution in [0.5, 0.6) is 5.75 Å². The van der Waals surface area contributed by atoms with Gasteiger partial charge in [0, 0.05) is 20.5 Å². The molecule has 0 aliphatic carbocycles. The van der Waals surface area contributed by atoms with Crippen LogP contribution >= 0.6 is 23.2 Å². The molecule has 4 nitrogen and oxygen atoms in total. The summed E-state index contributed by atoms with van der Waals surface area (Å²) in [5.74, 6) is -0.394. The Balaban J connectivity index is 1.70. The quantitative estimate of drug-likeness (QED) is 0.384. The minimum atomic E-state index is -0.653. The van der Waals surface area contributed by atoms with Crippen LogP contribution in [0.15, 0.2) is 82.1 Å². The van der Waals surface area contributed by atoms with E-state index in [9.17, 15) is 9.59 Å². The third-order valence-electron chi connectivity index (χ3n) is 3.75. The smallest absolute Gasteiger partial charge is 0.343 e. The van der Waals surface area contributed by atoms with Crippen molar-refractivity contribution in [2.45, 2.75) is 4.90 Å². The zero-order valence-corrected chi connectivity index (χ0v) is 17.1. The monoisotopic (exact) mass is 431 g/mol. The molecule has 7 heteroatoms. The fourth-order valence-corrected chi connectivity index (χ4v) is 3.61. The summed E-state index contributed by atoms with van der Waals surface area (Å²) in [6, 6.07) is 20.0. The molecular weight excluding hydrogens is 417 g/mol. The average Bonchev–Trinajstić information content (AvgIpc) is 2.69. The number of rotatable bonds is 4. The molecule has 0 bridgehead atoms. The second-order valence-electron chi connectivity index (χ2n) is 5.75. The lowest BCUT2D eigenvalue weighted by Gasteiger charge is -2.06. The molecule has 1 atom stereocenters. The third kappa shape index (κ3) is 5.29. The van der Waals surface area contributed by atoms with Crippen molar-refractivity contribution in [3.05, 3.63) is 94.0 Å². The van der Waals surface area contributed by atoms with E-state index in [1.807, 2.05) is 6.26 Å². The molecule has 0 aliphatic heterocycles. The van der Waals surface area contributed by atoms with E-state index in [-0.39, 0.29) is 5.91 Å². The molecule has 0 saturated heterocycles. The first kappa shape index (κ1) is 20.3. The van der Waals surface area contributed by atoms with Gasteiger partial charge in [0.1, 0.15) is 5.75 Å². The summed E-state index contributed by atoms with van der Waals surface area (Å²) >= 11 is 11.7. The number of amides is 1. The molecule has 0 spiro atoms. The van der Waals surface area contributed by atoms with Crippen molar-refractivity contribution in [3.63, 3.8) is 0 Å². The first-order chi connectivity index (χ1) is 13.4. The molecule has 3 aromatic carbocycles. The van der Waals surface area contributed by atoms with Crippen LogP contribution in [0.3, 0.4) is 0 Å². The van der Waals surface area contributed by atoms with Crippen LogP contribution in [0, 0.1) is 0 Å². The van der Waals surface area contributed by atoms with Gasteiger partial charge in [-0.05, 0) is 73.0 Å². The number of benzene rings is 3. The maximum atomic E-state index is 12.3. The minimum Gasteiger partial charge on any atom is -0.423 e. The molecule has 28 heavy (non-hydrogen) atoms. The third-order valence-corrected chi connectivity index (χ3v) is 5.63. The number of carbonyl (C=O) groups excluding carboxylic acids is 2. The van der Waals surface area contributed by atoms with Crippen LogP contribution in [-0.2, 0) is 10.7 Å². The summed E-state index contributed by atoms with van der Waals surface area (Å²) < 4.78 is 9.56. The van der Waals surface area contributed by atoms with Gasteiger partial charge in [0.2, 0.25) is 0 Å². The maximum absolute atomic E-state index is 12.3. The molecule has 0 aliphatic rings. The van der Waals surface area contributed by atoms with Gasteiger partial charge in [-0.15, -0.1) is 0 Å². The molecule has 0 N–H and O–H groups in total. The molecule has 3 aromatic rings. The average molecular weight is 432 g/mol. The molecule has 0 fully saturated rings. The van der Waals surface area contributed by atoms with Gasteiger partial charge in [0.25, 0.3) is 5.91 Å². The van der Waals surface area contributed by atoms with E-state index in [1.165, 1.54) is 0 Å². The van der Waals surface area contributed by atoms with E-state index < -0.39 is 16.7 Å². The number of hydrogen-bond acceptors (Lipinski definition) is 3. The summed E-state index contributed by atoms with van der Waals surface area (Å²) in [5, 5.41) is 1.04. The molecule has 1 unspecified atom stereocenters. The van der Waals surface area contributed by atoms with Crippen molar-refractivity contribution < 1.29 is 14.3 Å². The van der Waals surface area contributed by atoms with Gasteiger partial charge >= 0.3 is 5.97 Å². The molecular formula is C21H15Cl2NO3S. The summed E-state index contributed by atoms with van der Waals surface area (Å²) in [6.45, 7) is 0. The lowest BCUT2D eigenvalue weighted by molar-refractivity contribution is 0.0734. The van der Waals surface area contributed by atoms with Crippen molar-refractivity contribution in [3.8, 4) is 5.75 Å². The molecule has 3 rings (SSSR count). The van der Waals surface area contributed by atoms with E-state index in [4.69, 9.17) is 27.9 Å². The molecule has 0 saturated carbocycles. The molecule has 142 valence electrons. The topological polar surface area (TPSA) is 55.7 Å². The second-order valence-corrected chi connectivity index (χ2v) is 8.24. The molecule has 0 radical (unpaired) electrons.